The molecule has 0 aliphatic heterocycles. The summed E-state index contributed by atoms with van der Waals surface area (Å²) >= 11 is 0. The molecule has 0 fully saturated rings. The van der Waals surface area contributed by atoms with Crippen molar-refractivity contribution in [2.24, 2.45) is 0 Å². The van der Waals surface area contributed by atoms with Crippen LogP contribution in [0.25, 0.3) is 98.8 Å². The summed E-state index contributed by atoms with van der Waals surface area (Å²) in [5.74, 6) is 0. The highest BCUT2D eigenvalue weighted by atomic mass is 16.3. The zero-order chi connectivity index (χ0) is 35.8. The van der Waals surface area contributed by atoms with Gasteiger partial charge in [-0.15, -0.1) is 0 Å². The first-order valence-corrected chi connectivity index (χ1v) is 18.4. The van der Waals surface area contributed by atoms with Gasteiger partial charge in [-0.2, -0.15) is 0 Å². The Morgan fingerprint density at radius 1 is 0.389 bits per heavy atom. The topological polar surface area (TPSA) is 38.3 Å². The summed E-state index contributed by atoms with van der Waals surface area (Å²) in [6.45, 7) is 2.25. The van der Waals surface area contributed by atoms with Gasteiger partial charge in [-0.25, -0.2) is 0 Å². The van der Waals surface area contributed by atoms with Crippen LogP contribution in [0.4, 0.5) is 11.4 Å². The number of anilines is 2. The van der Waals surface area contributed by atoms with Crippen molar-refractivity contribution in [2.45, 2.75) is 6.92 Å². The molecule has 1 N–H and O–H groups in total. The highest BCUT2D eigenvalue weighted by Gasteiger charge is 2.19. The molecule has 2 aromatic heterocycles. The lowest BCUT2D eigenvalue weighted by atomic mass is 9.87. The molecule has 0 atom stereocenters. The Morgan fingerprint density at radius 3 is 1.83 bits per heavy atom. The van der Waals surface area contributed by atoms with Crippen LogP contribution in [0, 0.1) is 6.92 Å². The lowest BCUT2D eigenvalue weighted by molar-refractivity contribution is 0.669. The van der Waals surface area contributed by atoms with Gasteiger partial charge in [0, 0.05) is 27.4 Å². The van der Waals surface area contributed by atoms with Crippen molar-refractivity contribution in [1.29, 1.82) is 0 Å². The zero-order valence-electron chi connectivity index (χ0n) is 29.6. The van der Waals surface area contributed by atoms with Crippen molar-refractivity contribution < 1.29 is 8.83 Å². The molecular formula is C51H33NO2. The third kappa shape index (κ3) is 4.69. The molecule has 2 heterocycles. The molecule has 0 amide bonds. The van der Waals surface area contributed by atoms with Crippen LogP contribution >= 0.6 is 0 Å². The van der Waals surface area contributed by atoms with Crippen molar-refractivity contribution >= 4 is 76.8 Å². The van der Waals surface area contributed by atoms with E-state index in [-0.39, 0.29) is 0 Å². The van der Waals surface area contributed by atoms with Gasteiger partial charge in [0.2, 0.25) is 0 Å². The third-order valence-electron chi connectivity index (χ3n) is 11.1. The van der Waals surface area contributed by atoms with Crippen LogP contribution in [0.2, 0.25) is 0 Å². The monoisotopic (exact) mass is 691 g/mol. The third-order valence-corrected chi connectivity index (χ3v) is 11.1. The van der Waals surface area contributed by atoms with Crippen molar-refractivity contribution in [3.05, 3.63) is 181 Å². The summed E-state index contributed by atoms with van der Waals surface area (Å²) in [4.78, 5) is 0. The molecule has 3 nitrogen and oxygen atoms in total. The van der Waals surface area contributed by atoms with E-state index >= 15 is 0 Å². The van der Waals surface area contributed by atoms with E-state index in [1.807, 2.05) is 12.1 Å². The van der Waals surface area contributed by atoms with E-state index in [1.165, 1.54) is 43.8 Å². The van der Waals surface area contributed by atoms with Gasteiger partial charge in [-0.3, -0.25) is 0 Å². The van der Waals surface area contributed by atoms with Crippen molar-refractivity contribution in [3.63, 3.8) is 0 Å². The number of nitrogens with one attached hydrogen (secondary N) is 1. The predicted molar refractivity (Wildman–Crippen MR) is 227 cm³/mol. The standard InChI is InChI=1S/C51H33NO2/c1-31-35(17-8-18-36(31)44-30-33-12-2-3-13-37(33)39-14-4-5-15-40(39)44)42-20-10-24-47-49(42)50-45(22-11-25-48(50)53-47)52-34-28-26-32(27-29-34)38-19-9-21-43-41-16-6-7-23-46(41)54-51(38)43/h2-30,52H,1H3. The summed E-state index contributed by atoms with van der Waals surface area (Å²) in [6, 6.07) is 62.3. The van der Waals surface area contributed by atoms with Gasteiger partial charge in [0.25, 0.3) is 0 Å². The number of rotatable bonds is 5. The van der Waals surface area contributed by atoms with Gasteiger partial charge in [-0.05, 0) is 104 Å². The largest absolute Gasteiger partial charge is 0.456 e. The first kappa shape index (κ1) is 30.5. The fourth-order valence-corrected chi connectivity index (χ4v) is 8.55. The Morgan fingerprint density at radius 2 is 0.981 bits per heavy atom. The maximum atomic E-state index is 6.55. The van der Waals surface area contributed by atoms with Crippen LogP contribution in [-0.2, 0) is 0 Å². The average Bonchev–Trinajstić information content (AvgIpc) is 3.81. The first-order chi connectivity index (χ1) is 26.7. The predicted octanol–water partition coefficient (Wildman–Crippen LogP) is 14.8. The first-order valence-electron chi connectivity index (χ1n) is 18.4. The van der Waals surface area contributed by atoms with Crippen LogP contribution in [0.3, 0.4) is 0 Å². The van der Waals surface area contributed by atoms with Crippen LogP contribution in [0.1, 0.15) is 5.56 Å². The number of benzene rings is 9. The van der Waals surface area contributed by atoms with Crippen LogP contribution in [0.5, 0.6) is 0 Å². The minimum atomic E-state index is 0.852. The lowest BCUT2D eigenvalue weighted by Gasteiger charge is -2.16. The van der Waals surface area contributed by atoms with E-state index in [4.69, 9.17) is 8.83 Å². The number of fused-ring (bicyclic) bond motifs is 9. The highest BCUT2D eigenvalue weighted by molar-refractivity contribution is 6.19. The molecule has 11 aromatic rings. The lowest BCUT2D eigenvalue weighted by Crippen LogP contribution is -1.93. The molecule has 0 aliphatic carbocycles. The van der Waals surface area contributed by atoms with E-state index in [9.17, 15) is 0 Å². The van der Waals surface area contributed by atoms with E-state index in [0.717, 1.165) is 71.9 Å². The Kier molecular flexibility index (Phi) is 6.77. The van der Waals surface area contributed by atoms with Gasteiger partial charge >= 0.3 is 0 Å². The van der Waals surface area contributed by atoms with Crippen molar-refractivity contribution in [3.8, 4) is 33.4 Å². The average molecular weight is 692 g/mol. The maximum Gasteiger partial charge on any atom is 0.143 e. The van der Waals surface area contributed by atoms with Crippen LogP contribution in [0.15, 0.2) is 185 Å². The summed E-state index contributed by atoms with van der Waals surface area (Å²) in [7, 11) is 0. The number of furan rings is 2. The summed E-state index contributed by atoms with van der Waals surface area (Å²) in [5, 5.41) is 13.2. The molecule has 54 heavy (non-hydrogen) atoms. The van der Waals surface area contributed by atoms with E-state index in [1.54, 1.807) is 0 Å². The number of para-hydroxylation sites is 2. The highest BCUT2D eigenvalue weighted by Crippen LogP contribution is 2.44. The quantitative estimate of drug-likeness (QED) is 0.183. The molecule has 0 spiro atoms. The molecule has 254 valence electrons. The molecule has 3 heteroatoms. The molecule has 9 aromatic carbocycles. The summed E-state index contributed by atoms with van der Waals surface area (Å²) in [5.41, 5.74) is 13.8. The fourth-order valence-electron chi connectivity index (χ4n) is 8.55. The molecule has 0 radical (unpaired) electrons. The van der Waals surface area contributed by atoms with E-state index in [2.05, 4.69) is 176 Å². The van der Waals surface area contributed by atoms with Crippen molar-refractivity contribution in [2.75, 3.05) is 5.32 Å². The minimum Gasteiger partial charge on any atom is -0.456 e. The number of hydrogen-bond acceptors (Lipinski definition) is 3. The Hall–Kier alpha value is -7.10. The maximum absolute atomic E-state index is 6.55. The van der Waals surface area contributed by atoms with E-state index < -0.39 is 0 Å². The van der Waals surface area contributed by atoms with Gasteiger partial charge in [0.1, 0.15) is 22.3 Å². The van der Waals surface area contributed by atoms with Gasteiger partial charge < -0.3 is 14.2 Å². The Balaban J connectivity index is 1.02. The van der Waals surface area contributed by atoms with Crippen LogP contribution in [-0.4, -0.2) is 0 Å². The van der Waals surface area contributed by atoms with Crippen molar-refractivity contribution in [1.82, 2.24) is 0 Å². The van der Waals surface area contributed by atoms with Crippen LogP contribution < -0.4 is 5.32 Å². The molecule has 11 rings (SSSR count). The van der Waals surface area contributed by atoms with Gasteiger partial charge in [-0.1, -0.05) is 133 Å². The molecular weight excluding hydrogens is 659 g/mol. The molecule has 0 aliphatic rings. The Bertz CT molecular complexity index is 3250. The normalized spacial score (nSPS) is 11.8. The fraction of sp³-hybridized carbons (Fsp3) is 0.0196. The zero-order valence-corrected chi connectivity index (χ0v) is 29.6. The molecule has 0 saturated carbocycles. The second-order valence-electron chi connectivity index (χ2n) is 14.1. The summed E-state index contributed by atoms with van der Waals surface area (Å²) < 4.78 is 12.9. The molecule has 0 bridgehead atoms. The minimum absolute atomic E-state index is 0.852. The van der Waals surface area contributed by atoms with Gasteiger partial charge in [0.05, 0.1) is 11.1 Å². The summed E-state index contributed by atoms with van der Waals surface area (Å²) in [6.07, 6.45) is 0. The van der Waals surface area contributed by atoms with Gasteiger partial charge in [0.15, 0.2) is 0 Å². The molecule has 0 unspecified atom stereocenters. The second kappa shape index (κ2) is 12.0. The van der Waals surface area contributed by atoms with E-state index in [0.29, 0.717) is 0 Å². The number of hydrogen-bond donors (Lipinski definition) is 1. The second-order valence-corrected chi connectivity index (χ2v) is 14.1. The smallest absolute Gasteiger partial charge is 0.143 e. The molecule has 0 saturated heterocycles. The Labute approximate surface area is 311 Å². The SMILES string of the molecule is Cc1c(-c2cc3ccccc3c3ccccc23)cccc1-c1cccc2oc3cccc(Nc4ccc(-c5cccc6c5oc5ccccc56)cc4)c3c12.